The Hall–Kier alpha value is -0.440. The third-order valence-electron chi connectivity index (χ3n) is 3.22. The molecule has 0 fully saturated rings. The third-order valence-corrected chi connectivity index (χ3v) is 4.21. The van der Waals surface area contributed by atoms with Crippen molar-refractivity contribution in [1.29, 1.82) is 0 Å². The van der Waals surface area contributed by atoms with Crippen LogP contribution in [0.2, 0.25) is 15.1 Å². The van der Waals surface area contributed by atoms with Crippen LogP contribution >= 0.6 is 34.8 Å². The molecule has 0 saturated carbocycles. The summed E-state index contributed by atoms with van der Waals surface area (Å²) in [6.45, 7) is 6.60. The molecule has 0 amide bonds. The van der Waals surface area contributed by atoms with Crippen molar-refractivity contribution in [2.24, 2.45) is 11.8 Å². The summed E-state index contributed by atoms with van der Waals surface area (Å²) in [4.78, 5) is 11.9. The van der Waals surface area contributed by atoms with E-state index in [0.29, 0.717) is 12.5 Å². The minimum absolute atomic E-state index is 0.0792. The molecule has 0 spiro atoms. The topological polar surface area (TPSA) is 26.3 Å². The molecule has 1 rings (SSSR count). The smallest absolute Gasteiger partial charge is 0.340 e. The lowest BCUT2D eigenvalue weighted by Crippen LogP contribution is -2.17. The molecular weight excluding hydrogens is 307 g/mol. The van der Waals surface area contributed by atoms with E-state index in [1.807, 2.05) is 6.92 Å². The lowest BCUT2D eigenvalue weighted by molar-refractivity contribution is 0.0411. The van der Waals surface area contributed by atoms with Gasteiger partial charge in [0.05, 0.1) is 27.2 Å². The van der Waals surface area contributed by atoms with Crippen molar-refractivity contribution in [2.75, 3.05) is 6.61 Å². The third kappa shape index (κ3) is 4.55. The van der Waals surface area contributed by atoms with Crippen LogP contribution in [-0.4, -0.2) is 12.6 Å². The molecule has 0 aliphatic heterocycles. The number of esters is 1. The van der Waals surface area contributed by atoms with Crippen molar-refractivity contribution in [3.63, 3.8) is 0 Å². The zero-order chi connectivity index (χ0) is 14.6. The largest absolute Gasteiger partial charge is 0.462 e. The maximum Gasteiger partial charge on any atom is 0.340 e. The van der Waals surface area contributed by atoms with Crippen LogP contribution < -0.4 is 0 Å². The van der Waals surface area contributed by atoms with Crippen molar-refractivity contribution < 1.29 is 9.53 Å². The normalized spacial score (nSPS) is 14.0. The Morgan fingerprint density at radius 1 is 1.32 bits per heavy atom. The number of benzene rings is 1. The maximum atomic E-state index is 11.9. The highest BCUT2D eigenvalue weighted by molar-refractivity contribution is 6.44. The van der Waals surface area contributed by atoms with Gasteiger partial charge in [-0.2, -0.15) is 0 Å². The molecule has 0 aliphatic carbocycles. The molecular formula is C14H16Cl3O2. The van der Waals surface area contributed by atoms with Gasteiger partial charge in [0.15, 0.2) is 0 Å². The lowest BCUT2D eigenvalue weighted by atomic mass is 9.94. The number of halogens is 3. The summed E-state index contributed by atoms with van der Waals surface area (Å²) in [5, 5.41) is 0.566. The number of ether oxygens (including phenoxy) is 1. The van der Waals surface area contributed by atoms with E-state index in [-0.39, 0.29) is 26.5 Å². The highest BCUT2D eigenvalue weighted by atomic mass is 35.5. The summed E-state index contributed by atoms with van der Waals surface area (Å²) < 4.78 is 5.23. The monoisotopic (exact) mass is 321 g/mol. The minimum atomic E-state index is -0.551. The molecule has 0 aliphatic rings. The zero-order valence-electron chi connectivity index (χ0n) is 11.1. The van der Waals surface area contributed by atoms with Gasteiger partial charge in [-0.15, -0.1) is 0 Å². The summed E-state index contributed by atoms with van der Waals surface area (Å²) in [6, 6.07) is 4.09. The average Bonchev–Trinajstić information content (AvgIpc) is 2.38. The second kappa shape index (κ2) is 7.37. The number of carbonyl (C=O) groups excluding carboxylic acids is 1. The molecule has 2 atom stereocenters. The van der Waals surface area contributed by atoms with E-state index < -0.39 is 5.97 Å². The first kappa shape index (κ1) is 16.6. The first-order valence-electron chi connectivity index (χ1n) is 6.10. The van der Waals surface area contributed by atoms with Crippen LogP contribution in [0.15, 0.2) is 6.07 Å². The summed E-state index contributed by atoms with van der Waals surface area (Å²) >= 11 is 17.6. The Kier molecular flexibility index (Phi) is 6.45. The molecule has 1 aromatic carbocycles. The molecule has 0 N–H and O–H groups in total. The first-order chi connectivity index (χ1) is 8.86. The minimum Gasteiger partial charge on any atom is -0.462 e. The van der Waals surface area contributed by atoms with Gasteiger partial charge in [0.2, 0.25) is 0 Å². The SMILES string of the molecule is CCC(C)C(C)COC(=O)c1[c]c(Cl)cc(Cl)c1Cl. The Morgan fingerprint density at radius 2 is 1.95 bits per heavy atom. The van der Waals surface area contributed by atoms with E-state index in [4.69, 9.17) is 39.5 Å². The average molecular weight is 323 g/mol. The molecule has 2 nitrogen and oxygen atoms in total. The molecule has 105 valence electrons. The molecule has 1 radical (unpaired) electrons. The lowest BCUT2D eigenvalue weighted by Gasteiger charge is -2.18. The Bertz CT molecular complexity index is 460. The molecule has 0 heterocycles. The Morgan fingerprint density at radius 3 is 2.53 bits per heavy atom. The second-order valence-corrected chi connectivity index (χ2v) is 5.81. The van der Waals surface area contributed by atoms with E-state index in [9.17, 15) is 4.79 Å². The van der Waals surface area contributed by atoms with Crippen molar-refractivity contribution in [2.45, 2.75) is 27.2 Å². The van der Waals surface area contributed by atoms with E-state index in [0.717, 1.165) is 6.42 Å². The Balaban J connectivity index is 2.74. The fourth-order valence-electron chi connectivity index (χ4n) is 1.49. The van der Waals surface area contributed by atoms with Crippen LogP contribution in [-0.2, 0) is 4.74 Å². The quantitative estimate of drug-likeness (QED) is 0.544. The van der Waals surface area contributed by atoms with Gasteiger partial charge in [-0.3, -0.25) is 0 Å². The van der Waals surface area contributed by atoms with E-state index in [1.54, 1.807) is 0 Å². The summed E-state index contributed by atoms with van der Waals surface area (Å²) in [5.74, 6) is 0.210. The highest BCUT2D eigenvalue weighted by Crippen LogP contribution is 2.30. The fraction of sp³-hybridized carbons (Fsp3) is 0.500. The first-order valence-corrected chi connectivity index (χ1v) is 7.24. The van der Waals surface area contributed by atoms with Crippen molar-refractivity contribution in [3.8, 4) is 0 Å². The van der Waals surface area contributed by atoms with E-state index in [2.05, 4.69) is 19.9 Å². The summed E-state index contributed by atoms with van der Waals surface area (Å²) in [7, 11) is 0. The van der Waals surface area contributed by atoms with Crippen LogP contribution in [0.3, 0.4) is 0 Å². The molecule has 5 heteroatoms. The maximum absolute atomic E-state index is 11.9. The van der Waals surface area contributed by atoms with Gasteiger partial charge < -0.3 is 4.74 Å². The van der Waals surface area contributed by atoms with Gasteiger partial charge in [-0.1, -0.05) is 62.0 Å². The van der Waals surface area contributed by atoms with Crippen molar-refractivity contribution in [3.05, 3.63) is 32.8 Å². The van der Waals surface area contributed by atoms with E-state index >= 15 is 0 Å². The number of hydrogen-bond acceptors (Lipinski definition) is 2. The predicted octanol–water partition coefficient (Wildman–Crippen LogP) is 5.29. The number of rotatable bonds is 5. The van der Waals surface area contributed by atoms with Gasteiger partial charge in [0.1, 0.15) is 0 Å². The summed E-state index contributed by atoms with van der Waals surface area (Å²) in [6.07, 6.45) is 1.04. The fourth-order valence-corrected chi connectivity index (χ4v) is 2.13. The van der Waals surface area contributed by atoms with Crippen LogP contribution in [0.1, 0.15) is 37.6 Å². The van der Waals surface area contributed by atoms with Crippen LogP contribution in [0.4, 0.5) is 0 Å². The number of carbonyl (C=O) groups is 1. The molecule has 1 aromatic rings. The molecule has 0 saturated heterocycles. The van der Waals surface area contributed by atoms with Crippen LogP contribution in [0, 0.1) is 17.9 Å². The highest BCUT2D eigenvalue weighted by Gasteiger charge is 2.18. The van der Waals surface area contributed by atoms with Gasteiger partial charge >= 0.3 is 5.97 Å². The van der Waals surface area contributed by atoms with Gasteiger partial charge in [-0.25, -0.2) is 4.79 Å². The number of hydrogen-bond donors (Lipinski definition) is 0. The Labute approximate surface area is 129 Å². The van der Waals surface area contributed by atoms with Gasteiger partial charge in [0.25, 0.3) is 0 Å². The standard InChI is InChI=1S/C14H16Cl3O2/c1-4-8(2)9(3)7-19-14(18)11-5-10(15)6-12(16)13(11)17/h6,8-9H,4,7H2,1-3H3. The van der Waals surface area contributed by atoms with Gasteiger partial charge in [0, 0.05) is 6.07 Å². The van der Waals surface area contributed by atoms with Gasteiger partial charge in [-0.05, 0) is 17.9 Å². The summed E-state index contributed by atoms with van der Waals surface area (Å²) in [5.41, 5.74) is 0.0792. The zero-order valence-corrected chi connectivity index (χ0v) is 13.4. The molecule has 19 heavy (non-hydrogen) atoms. The second-order valence-electron chi connectivity index (χ2n) is 4.62. The molecule has 0 bridgehead atoms. The van der Waals surface area contributed by atoms with Crippen LogP contribution in [0.25, 0.3) is 0 Å². The van der Waals surface area contributed by atoms with E-state index in [1.165, 1.54) is 6.07 Å². The van der Waals surface area contributed by atoms with Crippen molar-refractivity contribution >= 4 is 40.8 Å². The molecule has 0 aromatic heterocycles. The van der Waals surface area contributed by atoms with Crippen LogP contribution in [0.5, 0.6) is 0 Å². The molecule has 2 unspecified atom stereocenters. The van der Waals surface area contributed by atoms with Crippen molar-refractivity contribution in [1.82, 2.24) is 0 Å². The predicted molar refractivity (Wildman–Crippen MR) is 79.2 cm³/mol.